The van der Waals surface area contributed by atoms with Gasteiger partial charge in [0.05, 0.1) is 99.8 Å². The molecule has 2 aliphatic rings. The van der Waals surface area contributed by atoms with E-state index in [2.05, 4.69) is 225 Å². The molecule has 16 aromatic carbocycles. The van der Waals surface area contributed by atoms with Crippen LogP contribution in [-0.2, 0) is 18.9 Å². The number of benzene rings is 16. The monoisotopic (exact) mass is 1950 g/mol. The molecule has 21 heteroatoms. The molecule has 22 rings (SSSR count). The highest BCUT2D eigenvalue weighted by atomic mass is 79.9. The SMILES string of the molecule is CN(C)c1ccccc1-c1ccccc1P(c1ccccc1)c1ccccc1.COC(=O)c1ccc2c(c1)Sc1c3ccccc3nc3cccc-2c13.COC(=O)c1cccc(S)c1.COC(=O)c1cccc(Sc2c3ccccc3nc3cccc(Br)c23)c1.COC(=O)c1cccc2c1-c1cccc3nc4ccccc4c(c13)S2.Clc1c2ccccc2nc2cccc(Br)c12. The summed E-state index contributed by atoms with van der Waals surface area (Å²) in [7, 11) is 9.15. The molecule has 0 saturated carbocycles. The number of carbonyl (C=O) groups is 4. The zero-order valence-corrected chi connectivity index (χ0v) is 79.6. The fourth-order valence-electron chi connectivity index (χ4n) is 16.0. The average molecular weight is 1950 g/mol. The highest BCUT2D eigenvalue weighted by Gasteiger charge is 2.29. The van der Waals surface area contributed by atoms with Crippen LogP contribution in [0.3, 0.4) is 0 Å². The Morgan fingerprint density at radius 3 is 1.36 bits per heavy atom. The number of hydrogen-bond donors (Lipinski definition) is 1. The fourth-order valence-corrected chi connectivity index (χ4v) is 24.1. The van der Waals surface area contributed by atoms with Gasteiger partial charge in [-0.25, -0.2) is 39.1 Å². The third kappa shape index (κ3) is 19.2. The van der Waals surface area contributed by atoms with E-state index in [-0.39, 0.29) is 23.9 Å². The number of ether oxygens (including phenoxy) is 4. The Hall–Kier alpha value is -13.0. The Bertz CT molecular complexity index is 7780. The number of methoxy groups -OCH3 is 4. The molecule has 0 fully saturated rings. The molecule has 0 amide bonds. The van der Waals surface area contributed by atoms with Gasteiger partial charge in [-0.3, -0.25) is 0 Å². The Labute approximate surface area is 798 Å². The van der Waals surface area contributed by atoms with E-state index < -0.39 is 7.92 Å². The van der Waals surface area contributed by atoms with Gasteiger partial charge in [0.25, 0.3) is 0 Å². The summed E-state index contributed by atoms with van der Waals surface area (Å²) in [6.45, 7) is 0. The zero-order chi connectivity index (χ0) is 90.8. The first-order valence-corrected chi connectivity index (χ1v) is 47.7. The maximum absolute atomic E-state index is 12.3. The van der Waals surface area contributed by atoms with Gasteiger partial charge in [-0.1, -0.05) is 315 Å². The molecule has 0 radical (unpaired) electrons. The molecule has 13 nitrogen and oxygen atoms in total. The zero-order valence-electron chi connectivity index (χ0n) is 71.4. The van der Waals surface area contributed by atoms with Crippen molar-refractivity contribution in [2.45, 2.75) is 34.3 Å². The summed E-state index contributed by atoms with van der Waals surface area (Å²) >= 11 is 22.7. The first-order chi connectivity index (χ1) is 64.0. The standard InChI is InChI=1S/C26H24NP.C21H14BrNO2S.2C21H13NO2S.C13H7BrClN.C8H8O2S/c1-27(2)25-19-11-9-17-23(25)24-18-10-12-20-26(24)28(21-13-5-3-6-14-21)22-15-7-4-8-16-22;1-25-21(24)13-6-4-7-14(12-13)26-20-15-8-2-3-10-17(15)23-18-11-5-9-16(22)19(18)20;1-24-21(23)14-8-5-11-17-18(14)13-7-4-10-16-19(13)20(25-17)12-6-2-3-9-15(12)22-16;1-24-21(23)12-9-10-13-14-6-4-8-17-19(14)20(25-18(13)11-12)15-5-2-3-7-16(15)22-17;14-9-5-3-7-11-12(9)13(15)8-4-1-2-6-10(8)16-11;1-10-8(9)6-3-2-4-7(11)5-6/h3-20H,1-2H3;2-12H,1H3;2*2-11H,1H3;1-7H;2-5,11H,1H3. The second-order valence-corrected chi connectivity index (χ2v) is 38.1. The minimum atomic E-state index is -0.641. The van der Waals surface area contributed by atoms with E-state index in [4.69, 9.17) is 40.8 Å². The largest absolute Gasteiger partial charge is 0.465 e. The lowest BCUT2D eigenvalue weighted by Crippen LogP contribution is -2.22. The maximum atomic E-state index is 12.3. The van der Waals surface area contributed by atoms with Gasteiger partial charge >= 0.3 is 23.9 Å². The second-order valence-electron chi connectivity index (χ2n) is 30.2. The van der Waals surface area contributed by atoms with Crippen LogP contribution in [0.25, 0.3) is 121 Å². The van der Waals surface area contributed by atoms with Gasteiger partial charge in [0, 0.05) is 117 Å². The lowest BCUT2D eigenvalue weighted by atomic mass is 9.94. The lowest BCUT2D eigenvalue weighted by molar-refractivity contribution is 0.0591. The summed E-state index contributed by atoms with van der Waals surface area (Å²) in [5, 5.41) is 13.6. The molecule has 4 aromatic heterocycles. The van der Waals surface area contributed by atoms with Crippen molar-refractivity contribution in [3.05, 3.63) is 400 Å². The molecule has 0 bridgehead atoms. The van der Waals surface area contributed by atoms with Crippen molar-refractivity contribution in [3.63, 3.8) is 0 Å². The first-order valence-electron chi connectivity index (χ1n) is 41.5. The Morgan fingerprint density at radius 1 is 0.359 bits per heavy atom. The van der Waals surface area contributed by atoms with Crippen LogP contribution >= 0.6 is 99.3 Å². The van der Waals surface area contributed by atoms with Crippen molar-refractivity contribution < 1.29 is 38.1 Å². The maximum Gasteiger partial charge on any atom is 0.338 e. The van der Waals surface area contributed by atoms with Crippen molar-refractivity contribution in [1.82, 2.24) is 19.9 Å². The van der Waals surface area contributed by atoms with Crippen LogP contribution in [-0.4, -0.2) is 86.3 Å². The summed E-state index contributed by atoms with van der Waals surface area (Å²) < 4.78 is 21.2. The van der Waals surface area contributed by atoms with Crippen LogP contribution in [0.2, 0.25) is 5.02 Å². The van der Waals surface area contributed by atoms with E-state index in [9.17, 15) is 19.2 Å². The van der Waals surface area contributed by atoms with Gasteiger partial charge in [0.2, 0.25) is 0 Å². The van der Waals surface area contributed by atoms with Crippen LogP contribution < -0.4 is 20.8 Å². The van der Waals surface area contributed by atoms with Crippen LogP contribution in [0, 0.1) is 0 Å². The van der Waals surface area contributed by atoms with E-state index in [1.807, 2.05) is 182 Å². The number of rotatable bonds is 11. The third-order valence-corrected chi connectivity index (χ3v) is 29.9. The molecule has 0 unspecified atom stereocenters. The summed E-state index contributed by atoms with van der Waals surface area (Å²) in [5.41, 5.74) is 18.0. The van der Waals surface area contributed by atoms with Crippen molar-refractivity contribution in [1.29, 1.82) is 0 Å². The number of nitrogens with zero attached hydrogens (tertiary/aromatic N) is 5. The predicted molar refractivity (Wildman–Crippen MR) is 551 cm³/mol. The number of carbonyl (C=O) groups excluding carboxylic acids is 4. The van der Waals surface area contributed by atoms with Crippen molar-refractivity contribution in [2.75, 3.05) is 47.4 Å². The quantitative estimate of drug-likeness (QED) is 0.0428. The number of fused-ring (bicyclic) bond motifs is 12. The highest BCUT2D eigenvalue weighted by Crippen LogP contribution is 2.53. The molecule has 0 N–H and O–H groups in total. The molecular formula is C110H79Br2ClN5O8PS4. The van der Waals surface area contributed by atoms with Crippen molar-refractivity contribution in [2.24, 2.45) is 0 Å². The van der Waals surface area contributed by atoms with Gasteiger partial charge in [-0.15, -0.1) is 12.6 Å². The average Bonchev–Trinajstić information content (AvgIpc) is 0.728. The van der Waals surface area contributed by atoms with Gasteiger partial charge in [-0.2, -0.15) is 0 Å². The molecule has 0 spiro atoms. The first kappa shape index (κ1) is 89.9. The summed E-state index contributed by atoms with van der Waals surface area (Å²) in [4.78, 5) is 75.5. The minimum Gasteiger partial charge on any atom is -0.465 e. The summed E-state index contributed by atoms with van der Waals surface area (Å²) in [5.74, 6) is -1.29. The smallest absolute Gasteiger partial charge is 0.338 e. The molecule has 0 atom stereocenters. The number of esters is 4. The predicted octanol–water partition coefficient (Wildman–Crippen LogP) is 28.4. The number of pyridine rings is 4. The Morgan fingerprint density at radius 2 is 0.779 bits per heavy atom. The van der Waals surface area contributed by atoms with E-state index in [0.717, 1.165) is 143 Å². The summed E-state index contributed by atoms with van der Waals surface area (Å²) in [6.07, 6.45) is 0. The van der Waals surface area contributed by atoms with Crippen LogP contribution in [0.4, 0.5) is 5.69 Å². The van der Waals surface area contributed by atoms with E-state index >= 15 is 0 Å². The number of thiol groups is 1. The van der Waals surface area contributed by atoms with Crippen LogP contribution in [0.1, 0.15) is 41.4 Å². The number of para-hydroxylation sites is 5. The van der Waals surface area contributed by atoms with Gasteiger partial charge in [0.15, 0.2) is 0 Å². The van der Waals surface area contributed by atoms with Crippen LogP contribution in [0.5, 0.6) is 0 Å². The van der Waals surface area contributed by atoms with E-state index in [0.29, 0.717) is 22.3 Å². The topological polar surface area (TPSA) is 160 Å². The van der Waals surface area contributed by atoms with E-state index in [1.54, 1.807) is 65.6 Å². The lowest BCUT2D eigenvalue weighted by Gasteiger charge is -2.24. The number of hydrogen-bond acceptors (Lipinski definition) is 17. The summed E-state index contributed by atoms with van der Waals surface area (Å²) in [6, 6.07) is 122. The molecular weight excluding hydrogens is 1870 g/mol. The third-order valence-electron chi connectivity index (χ3n) is 21.9. The molecule has 131 heavy (non-hydrogen) atoms. The number of aromatic nitrogens is 4. The Balaban J connectivity index is 0.000000112. The Kier molecular flexibility index (Phi) is 28.1. The minimum absolute atomic E-state index is 0.313. The van der Waals surface area contributed by atoms with Crippen molar-refractivity contribution >= 4 is 232 Å². The van der Waals surface area contributed by atoms with Crippen LogP contribution in [0.15, 0.2) is 407 Å². The second kappa shape index (κ2) is 41.0. The van der Waals surface area contributed by atoms with E-state index in [1.165, 1.54) is 76.3 Å². The molecule has 642 valence electrons. The normalized spacial score (nSPS) is 11.3. The molecule has 20 aromatic rings. The van der Waals surface area contributed by atoms with Gasteiger partial charge in [0.1, 0.15) is 0 Å². The molecule has 6 heterocycles. The highest BCUT2D eigenvalue weighted by molar-refractivity contribution is 9.11. The fraction of sp³-hybridized carbons (Fsp3) is 0.0545. The van der Waals surface area contributed by atoms with Gasteiger partial charge in [-0.05, 0) is 173 Å². The van der Waals surface area contributed by atoms with Crippen molar-refractivity contribution in [3.8, 4) is 33.4 Å². The number of halogens is 3. The van der Waals surface area contributed by atoms with Gasteiger partial charge < -0.3 is 23.8 Å². The molecule has 0 aliphatic carbocycles. The molecule has 0 saturated heterocycles. The number of anilines is 1. The molecule has 2 aliphatic heterocycles.